The van der Waals surface area contributed by atoms with Crippen LogP contribution in [0.3, 0.4) is 0 Å². The van der Waals surface area contributed by atoms with E-state index in [1.54, 1.807) is 43.3 Å². The molecule has 6 nitrogen and oxygen atoms in total. The Morgan fingerprint density at radius 3 is 2.37 bits per heavy atom. The number of hydrogen-bond donors (Lipinski definition) is 0. The topological polar surface area (TPSA) is 84.7 Å². The summed E-state index contributed by atoms with van der Waals surface area (Å²) in [6.45, 7) is 3.59. The summed E-state index contributed by atoms with van der Waals surface area (Å²) >= 11 is 0.848. The average molecular weight is 440 g/mol. The summed E-state index contributed by atoms with van der Waals surface area (Å²) < 4.78 is 33.4. The number of anilines is 1. The Labute approximate surface area is 177 Å². The largest absolute Gasteiger partial charge is 0.414 e. The van der Waals surface area contributed by atoms with Crippen molar-refractivity contribution < 1.29 is 17.6 Å². The molecule has 0 saturated heterocycles. The lowest BCUT2D eigenvalue weighted by Crippen LogP contribution is -2.37. The van der Waals surface area contributed by atoms with Crippen molar-refractivity contribution in [2.75, 3.05) is 4.31 Å². The van der Waals surface area contributed by atoms with Gasteiger partial charge in [-0.2, -0.15) is 4.31 Å². The van der Waals surface area contributed by atoms with Gasteiger partial charge in [0.1, 0.15) is 5.58 Å². The second-order valence-corrected chi connectivity index (χ2v) is 9.55. The monoisotopic (exact) mass is 439 g/mol. The van der Waals surface area contributed by atoms with Crippen LogP contribution in [0.25, 0.3) is 10.3 Å². The van der Waals surface area contributed by atoms with Gasteiger partial charge in [0, 0.05) is 5.56 Å². The highest BCUT2D eigenvalue weighted by atomic mass is 32.2. The molecular weight excluding hydrogens is 422 g/mol. The fourth-order valence-corrected chi connectivity index (χ4v) is 5.19. The number of rotatable bonds is 4. The van der Waals surface area contributed by atoms with Gasteiger partial charge in [0.15, 0.2) is 0 Å². The van der Waals surface area contributed by atoms with E-state index in [1.807, 2.05) is 6.92 Å². The summed E-state index contributed by atoms with van der Waals surface area (Å²) in [4.78, 5) is 24.5. The molecule has 3 aromatic carbocycles. The number of amides is 1. The van der Waals surface area contributed by atoms with Gasteiger partial charge in [-0.05, 0) is 55.8 Å². The Kier molecular flexibility index (Phi) is 5.05. The molecule has 4 rings (SSSR count). The van der Waals surface area contributed by atoms with E-state index in [2.05, 4.69) is 0 Å². The lowest BCUT2D eigenvalue weighted by atomic mass is 10.1. The van der Waals surface area contributed by atoms with Gasteiger partial charge < -0.3 is 4.42 Å². The summed E-state index contributed by atoms with van der Waals surface area (Å²) in [7, 11) is -4.22. The Morgan fingerprint density at radius 1 is 0.967 bits per heavy atom. The fraction of sp³-hybridized carbons (Fsp3) is 0.0909. The van der Waals surface area contributed by atoms with Crippen molar-refractivity contribution >= 4 is 43.2 Å². The summed E-state index contributed by atoms with van der Waals surface area (Å²) in [6, 6.07) is 17.5. The van der Waals surface area contributed by atoms with Gasteiger partial charge in [0.05, 0.1) is 15.3 Å². The van der Waals surface area contributed by atoms with Crippen LogP contribution in [0.2, 0.25) is 0 Å². The molecule has 0 radical (unpaired) electrons. The number of nitrogens with zero attached hydrogens (tertiary/aromatic N) is 1. The molecule has 0 saturated carbocycles. The van der Waals surface area contributed by atoms with Crippen molar-refractivity contribution in [3.05, 3.63) is 93.2 Å². The van der Waals surface area contributed by atoms with Crippen LogP contribution >= 0.6 is 11.3 Å². The Bertz CT molecular complexity index is 1420. The van der Waals surface area contributed by atoms with Crippen LogP contribution in [-0.2, 0) is 10.0 Å². The molecule has 0 bridgehead atoms. The van der Waals surface area contributed by atoms with Crippen LogP contribution in [0, 0.1) is 13.8 Å². The highest BCUT2D eigenvalue weighted by Gasteiger charge is 2.32. The first-order chi connectivity index (χ1) is 14.3. The van der Waals surface area contributed by atoms with Crippen molar-refractivity contribution in [3.63, 3.8) is 0 Å². The van der Waals surface area contributed by atoms with Crippen LogP contribution in [0.15, 0.2) is 80.8 Å². The second-order valence-electron chi connectivity index (χ2n) is 6.79. The minimum Gasteiger partial charge on any atom is -0.414 e. The number of aryl methyl sites for hydroxylation is 2. The minimum absolute atomic E-state index is 0.00416. The van der Waals surface area contributed by atoms with E-state index < -0.39 is 20.9 Å². The minimum atomic E-state index is -4.22. The third-order valence-corrected chi connectivity index (χ3v) is 7.18. The molecule has 1 heterocycles. The van der Waals surface area contributed by atoms with Crippen molar-refractivity contribution in [1.29, 1.82) is 0 Å². The molecule has 152 valence electrons. The third-order valence-electron chi connectivity index (χ3n) is 4.67. The third kappa shape index (κ3) is 3.55. The Morgan fingerprint density at radius 2 is 1.67 bits per heavy atom. The van der Waals surface area contributed by atoms with Gasteiger partial charge >= 0.3 is 4.94 Å². The maximum atomic E-state index is 13.5. The van der Waals surface area contributed by atoms with E-state index in [1.165, 1.54) is 30.3 Å². The van der Waals surface area contributed by atoms with Gasteiger partial charge in [-0.25, -0.2) is 13.2 Å². The molecule has 8 heteroatoms. The van der Waals surface area contributed by atoms with E-state index in [9.17, 15) is 18.0 Å². The molecule has 1 aromatic heterocycles. The zero-order valence-corrected chi connectivity index (χ0v) is 17.8. The maximum Gasteiger partial charge on any atom is 0.396 e. The Balaban J connectivity index is 1.94. The first-order valence-electron chi connectivity index (χ1n) is 9.03. The molecule has 4 aromatic rings. The second kappa shape index (κ2) is 7.55. The highest BCUT2D eigenvalue weighted by Crippen LogP contribution is 2.30. The first kappa shape index (κ1) is 20.1. The van der Waals surface area contributed by atoms with Crippen LogP contribution < -0.4 is 9.24 Å². The van der Waals surface area contributed by atoms with Crippen LogP contribution in [0.4, 0.5) is 5.69 Å². The van der Waals surface area contributed by atoms with Crippen molar-refractivity contribution in [3.8, 4) is 0 Å². The fourth-order valence-electron chi connectivity index (χ4n) is 3.09. The molecule has 1 amide bonds. The number of hydrogen-bond acceptors (Lipinski definition) is 6. The smallest absolute Gasteiger partial charge is 0.396 e. The van der Waals surface area contributed by atoms with Crippen molar-refractivity contribution in [1.82, 2.24) is 0 Å². The zero-order valence-electron chi connectivity index (χ0n) is 16.2. The SMILES string of the molecule is Cc1ccc(S(=O)(=O)N(C(=O)c2ccccc2C)c2ccc3oc(=O)sc3c2)cc1. The van der Waals surface area contributed by atoms with Crippen molar-refractivity contribution in [2.45, 2.75) is 18.7 Å². The van der Waals surface area contributed by atoms with Gasteiger partial charge in [-0.15, -0.1) is 0 Å². The molecule has 0 aliphatic heterocycles. The normalized spacial score (nSPS) is 11.5. The van der Waals surface area contributed by atoms with Gasteiger partial charge in [-0.3, -0.25) is 4.79 Å². The quantitative estimate of drug-likeness (QED) is 0.467. The maximum absolute atomic E-state index is 13.5. The van der Waals surface area contributed by atoms with Crippen molar-refractivity contribution in [2.24, 2.45) is 0 Å². The molecule has 0 N–H and O–H groups in total. The molecule has 0 unspecified atom stereocenters. The van der Waals surface area contributed by atoms with E-state index in [0.717, 1.165) is 21.2 Å². The lowest BCUT2D eigenvalue weighted by Gasteiger charge is -2.23. The molecule has 0 fully saturated rings. The summed E-state index contributed by atoms with van der Waals surface area (Å²) in [5.41, 5.74) is 2.29. The molecular formula is C22H17NO5S2. The van der Waals surface area contributed by atoms with E-state index >= 15 is 0 Å². The van der Waals surface area contributed by atoms with E-state index in [0.29, 0.717) is 15.8 Å². The van der Waals surface area contributed by atoms with Gasteiger partial charge in [0.25, 0.3) is 15.9 Å². The number of benzene rings is 3. The summed E-state index contributed by atoms with van der Waals surface area (Å²) in [6.07, 6.45) is 0. The molecule has 0 atom stereocenters. The highest BCUT2D eigenvalue weighted by molar-refractivity contribution is 7.93. The zero-order chi connectivity index (χ0) is 21.5. The standard InChI is InChI=1S/C22H17NO5S2/c1-14-7-10-17(11-8-14)30(26,27)23(21(24)18-6-4-3-5-15(18)2)16-9-12-19-20(13-16)29-22(25)28-19/h3-13H,1-2H3. The van der Waals surface area contributed by atoms with Crippen LogP contribution in [-0.4, -0.2) is 14.3 Å². The molecule has 0 spiro atoms. The number of carbonyl (C=O) groups excluding carboxylic acids is 1. The Hall–Kier alpha value is -3.23. The number of fused-ring (bicyclic) bond motifs is 1. The van der Waals surface area contributed by atoms with E-state index in [-0.39, 0.29) is 16.1 Å². The van der Waals surface area contributed by atoms with Gasteiger partial charge in [0.2, 0.25) is 0 Å². The molecule has 0 aliphatic carbocycles. The molecule has 0 aliphatic rings. The lowest BCUT2D eigenvalue weighted by molar-refractivity contribution is 0.100. The van der Waals surface area contributed by atoms with Crippen LogP contribution in [0.1, 0.15) is 21.5 Å². The van der Waals surface area contributed by atoms with Crippen LogP contribution in [0.5, 0.6) is 0 Å². The van der Waals surface area contributed by atoms with E-state index in [4.69, 9.17) is 4.42 Å². The molecule has 30 heavy (non-hydrogen) atoms. The predicted molar refractivity (Wildman–Crippen MR) is 117 cm³/mol. The first-order valence-corrected chi connectivity index (χ1v) is 11.3. The number of sulfonamides is 1. The number of carbonyl (C=O) groups is 1. The average Bonchev–Trinajstić information content (AvgIpc) is 3.08. The summed E-state index contributed by atoms with van der Waals surface area (Å²) in [5, 5.41) is 0. The predicted octanol–water partition coefficient (Wildman–Crippen LogP) is 4.51. The summed E-state index contributed by atoms with van der Waals surface area (Å²) in [5.74, 6) is -0.677. The van der Waals surface area contributed by atoms with Gasteiger partial charge in [-0.1, -0.05) is 47.2 Å².